The van der Waals surface area contributed by atoms with Gasteiger partial charge in [0, 0.05) is 31.7 Å². The second kappa shape index (κ2) is 10.7. The summed E-state index contributed by atoms with van der Waals surface area (Å²) in [4.78, 5) is 2.40. The number of benzene rings is 3. The number of piperidine rings is 1. The number of aryl methyl sites for hydroxylation is 1. The number of likely N-dealkylation sites (tertiary alicyclic amines) is 1. The molecule has 0 spiro atoms. The molecule has 1 saturated heterocycles. The van der Waals surface area contributed by atoms with Crippen molar-refractivity contribution >= 4 is 15.7 Å². The Morgan fingerprint density at radius 3 is 2.26 bits per heavy atom. The van der Waals surface area contributed by atoms with Gasteiger partial charge in [0.2, 0.25) is 0 Å². The highest BCUT2D eigenvalue weighted by Crippen LogP contribution is 2.36. The van der Waals surface area contributed by atoms with E-state index < -0.39 is 15.8 Å². The zero-order valence-electron chi connectivity index (χ0n) is 20.3. The van der Waals surface area contributed by atoms with Crippen molar-refractivity contribution in [2.45, 2.75) is 37.2 Å². The Kier molecular flexibility index (Phi) is 7.62. The summed E-state index contributed by atoms with van der Waals surface area (Å²) in [6.45, 7) is 4.44. The SMILES string of the molecule is COc1ccc(N(C2CCN(Cc3cccc(C)c3)CC2)S(=O)(=O)c2ccc(F)cc2)cc1OC. The molecule has 0 radical (unpaired) electrons. The molecule has 3 aromatic carbocycles. The minimum Gasteiger partial charge on any atom is -0.493 e. The van der Waals surface area contributed by atoms with Gasteiger partial charge in [0.15, 0.2) is 11.5 Å². The Hall–Kier alpha value is -3.10. The zero-order chi connectivity index (χ0) is 25.0. The van der Waals surface area contributed by atoms with Crippen molar-refractivity contribution < 1.29 is 22.3 Å². The third-order valence-electron chi connectivity index (χ3n) is 6.37. The lowest BCUT2D eigenvalue weighted by molar-refractivity contribution is 0.206. The quantitative estimate of drug-likeness (QED) is 0.437. The fraction of sp³-hybridized carbons (Fsp3) is 0.333. The monoisotopic (exact) mass is 498 g/mol. The van der Waals surface area contributed by atoms with Crippen LogP contribution in [0, 0.1) is 12.7 Å². The van der Waals surface area contributed by atoms with Crippen molar-refractivity contribution in [3.63, 3.8) is 0 Å². The molecule has 1 aliphatic heterocycles. The molecule has 0 saturated carbocycles. The van der Waals surface area contributed by atoms with Crippen LogP contribution in [0.1, 0.15) is 24.0 Å². The van der Waals surface area contributed by atoms with Crippen molar-refractivity contribution in [1.82, 2.24) is 4.90 Å². The normalized spacial score (nSPS) is 15.1. The van der Waals surface area contributed by atoms with E-state index in [1.165, 1.54) is 53.9 Å². The Balaban J connectivity index is 1.63. The molecular formula is C27H31FN2O4S. The van der Waals surface area contributed by atoms with E-state index in [-0.39, 0.29) is 10.9 Å². The maximum absolute atomic E-state index is 13.8. The van der Waals surface area contributed by atoms with E-state index in [9.17, 15) is 12.8 Å². The van der Waals surface area contributed by atoms with Gasteiger partial charge in [-0.15, -0.1) is 0 Å². The first-order valence-corrected chi connectivity index (χ1v) is 13.1. The molecule has 0 unspecified atom stereocenters. The first-order valence-electron chi connectivity index (χ1n) is 11.6. The lowest BCUT2D eigenvalue weighted by Gasteiger charge is -2.39. The summed E-state index contributed by atoms with van der Waals surface area (Å²) >= 11 is 0. The van der Waals surface area contributed by atoms with E-state index >= 15 is 0 Å². The summed E-state index contributed by atoms with van der Waals surface area (Å²) in [5.41, 5.74) is 2.96. The first kappa shape index (κ1) is 25.0. The van der Waals surface area contributed by atoms with Crippen molar-refractivity contribution in [3.8, 4) is 11.5 Å². The Bertz CT molecular complexity index is 1260. The number of methoxy groups -OCH3 is 2. The van der Waals surface area contributed by atoms with Gasteiger partial charge in [-0.3, -0.25) is 9.21 Å². The lowest BCUT2D eigenvalue weighted by Crippen LogP contribution is -2.47. The molecular weight excluding hydrogens is 467 g/mol. The van der Waals surface area contributed by atoms with E-state index in [1.54, 1.807) is 18.2 Å². The number of hydrogen-bond acceptors (Lipinski definition) is 5. The van der Waals surface area contributed by atoms with E-state index in [0.717, 1.165) is 19.6 Å². The molecule has 186 valence electrons. The Labute approximate surface area is 206 Å². The number of anilines is 1. The molecule has 1 aliphatic rings. The van der Waals surface area contributed by atoms with Gasteiger partial charge in [-0.05, 0) is 61.7 Å². The molecule has 0 aliphatic carbocycles. The predicted molar refractivity (Wildman–Crippen MR) is 135 cm³/mol. The average molecular weight is 499 g/mol. The van der Waals surface area contributed by atoms with E-state index in [2.05, 4.69) is 36.1 Å². The predicted octanol–water partition coefficient (Wildman–Crippen LogP) is 5.01. The van der Waals surface area contributed by atoms with Crippen molar-refractivity contribution in [2.75, 3.05) is 31.6 Å². The Morgan fingerprint density at radius 2 is 1.63 bits per heavy atom. The third-order valence-corrected chi connectivity index (χ3v) is 8.26. The van der Waals surface area contributed by atoms with Crippen LogP contribution in [0.4, 0.5) is 10.1 Å². The van der Waals surface area contributed by atoms with Crippen molar-refractivity contribution in [2.24, 2.45) is 0 Å². The number of rotatable bonds is 8. The van der Waals surface area contributed by atoms with Gasteiger partial charge < -0.3 is 9.47 Å². The van der Waals surface area contributed by atoms with Gasteiger partial charge >= 0.3 is 0 Å². The van der Waals surface area contributed by atoms with Gasteiger partial charge in [-0.1, -0.05) is 29.8 Å². The topological polar surface area (TPSA) is 59.1 Å². The third kappa shape index (κ3) is 5.60. The minimum absolute atomic E-state index is 0.0517. The number of ether oxygens (including phenoxy) is 2. The summed E-state index contributed by atoms with van der Waals surface area (Å²) < 4.78 is 53.4. The summed E-state index contributed by atoms with van der Waals surface area (Å²) in [6.07, 6.45) is 1.33. The van der Waals surface area contributed by atoms with Crippen LogP contribution in [-0.4, -0.2) is 46.7 Å². The molecule has 0 N–H and O–H groups in total. The summed E-state index contributed by atoms with van der Waals surface area (Å²) in [7, 11) is -0.891. The van der Waals surface area contributed by atoms with Crippen LogP contribution in [0.3, 0.4) is 0 Å². The fourth-order valence-corrected chi connectivity index (χ4v) is 6.31. The smallest absolute Gasteiger partial charge is 0.264 e. The van der Waals surface area contributed by atoms with Gasteiger partial charge in [-0.2, -0.15) is 0 Å². The first-order chi connectivity index (χ1) is 16.8. The van der Waals surface area contributed by atoms with Crippen molar-refractivity contribution in [3.05, 3.63) is 83.7 Å². The van der Waals surface area contributed by atoms with E-state index in [1.807, 2.05) is 0 Å². The van der Waals surface area contributed by atoms with Crippen LogP contribution in [0.2, 0.25) is 0 Å². The van der Waals surface area contributed by atoms with Crippen LogP contribution in [0.5, 0.6) is 11.5 Å². The van der Waals surface area contributed by atoms with Crippen molar-refractivity contribution in [1.29, 1.82) is 0 Å². The number of nitrogens with zero attached hydrogens (tertiary/aromatic N) is 2. The molecule has 1 fully saturated rings. The summed E-state index contributed by atoms with van der Waals surface area (Å²) in [5.74, 6) is 0.482. The maximum atomic E-state index is 13.8. The van der Waals surface area contributed by atoms with Crippen LogP contribution in [0.25, 0.3) is 0 Å². The molecule has 6 nitrogen and oxygen atoms in total. The van der Waals surface area contributed by atoms with E-state index in [4.69, 9.17) is 9.47 Å². The van der Waals surface area contributed by atoms with Gasteiger partial charge in [-0.25, -0.2) is 12.8 Å². The van der Waals surface area contributed by atoms with Gasteiger partial charge in [0.1, 0.15) is 5.82 Å². The van der Waals surface area contributed by atoms with Crippen LogP contribution in [-0.2, 0) is 16.6 Å². The zero-order valence-corrected chi connectivity index (χ0v) is 21.1. The fourth-order valence-electron chi connectivity index (χ4n) is 4.61. The highest BCUT2D eigenvalue weighted by Gasteiger charge is 2.34. The molecule has 0 atom stereocenters. The number of sulfonamides is 1. The standard InChI is InChI=1S/C27H31FN2O4S/c1-20-5-4-6-21(17-20)19-29-15-13-23(14-16-29)30(24-9-12-26(33-2)27(18-24)34-3)35(31,32)25-10-7-22(28)8-11-25/h4-12,17-18,23H,13-16,19H2,1-3H3. The summed E-state index contributed by atoms with van der Waals surface area (Å²) in [6, 6.07) is 18.3. The van der Waals surface area contributed by atoms with Gasteiger partial charge in [0.05, 0.1) is 24.8 Å². The summed E-state index contributed by atoms with van der Waals surface area (Å²) in [5, 5.41) is 0. The molecule has 8 heteroatoms. The molecule has 4 rings (SSSR count). The minimum atomic E-state index is -3.95. The highest BCUT2D eigenvalue weighted by atomic mass is 32.2. The molecule has 0 aromatic heterocycles. The van der Waals surface area contributed by atoms with Gasteiger partial charge in [0.25, 0.3) is 10.0 Å². The maximum Gasteiger partial charge on any atom is 0.264 e. The second-order valence-electron chi connectivity index (χ2n) is 8.79. The molecule has 1 heterocycles. The number of halogens is 1. The molecule has 35 heavy (non-hydrogen) atoms. The largest absolute Gasteiger partial charge is 0.493 e. The molecule has 3 aromatic rings. The lowest BCUT2D eigenvalue weighted by atomic mass is 10.0. The molecule has 0 bridgehead atoms. The van der Waals surface area contributed by atoms with E-state index in [0.29, 0.717) is 30.0 Å². The number of hydrogen-bond donors (Lipinski definition) is 0. The second-order valence-corrected chi connectivity index (χ2v) is 10.6. The van der Waals surface area contributed by atoms with Crippen LogP contribution < -0.4 is 13.8 Å². The van der Waals surface area contributed by atoms with Crippen LogP contribution >= 0.6 is 0 Å². The Morgan fingerprint density at radius 1 is 0.943 bits per heavy atom. The average Bonchev–Trinajstić information content (AvgIpc) is 2.85. The van der Waals surface area contributed by atoms with Crippen LogP contribution in [0.15, 0.2) is 71.6 Å². The highest BCUT2D eigenvalue weighted by molar-refractivity contribution is 7.92. The molecule has 0 amide bonds.